The van der Waals surface area contributed by atoms with Gasteiger partial charge in [0.1, 0.15) is 11.4 Å². The number of methoxy groups -OCH3 is 1. The fourth-order valence-electron chi connectivity index (χ4n) is 2.24. The van der Waals surface area contributed by atoms with Gasteiger partial charge in [0.25, 0.3) is 0 Å². The van der Waals surface area contributed by atoms with Crippen molar-refractivity contribution >= 4 is 11.8 Å². The van der Waals surface area contributed by atoms with Crippen molar-refractivity contribution in [2.45, 2.75) is 39.7 Å². The lowest BCUT2D eigenvalue weighted by Gasteiger charge is -2.24. The van der Waals surface area contributed by atoms with E-state index in [-0.39, 0.29) is 11.5 Å². The van der Waals surface area contributed by atoms with Crippen LogP contribution < -0.4 is 20.9 Å². The molecule has 2 rings (SSSR count). The van der Waals surface area contributed by atoms with Gasteiger partial charge in [-0.3, -0.25) is 0 Å². The number of ether oxygens (including phenoxy) is 2. The molecule has 1 aromatic carbocycles. The minimum absolute atomic E-state index is 0.175. The molecule has 0 saturated carbocycles. The van der Waals surface area contributed by atoms with E-state index in [2.05, 4.69) is 9.97 Å². The van der Waals surface area contributed by atoms with Crippen molar-refractivity contribution in [3.63, 3.8) is 0 Å². The summed E-state index contributed by atoms with van der Waals surface area (Å²) in [6.07, 6.45) is 2.26. The highest BCUT2D eigenvalue weighted by atomic mass is 16.5. The Hall–Kier alpha value is -2.50. The number of hydrogen-bond acceptors (Lipinski definition) is 6. The Labute approximate surface area is 136 Å². The molecular weight excluding hydrogens is 292 g/mol. The van der Waals surface area contributed by atoms with Gasteiger partial charge in [0.2, 0.25) is 5.95 Å². The molecule has 6 nitrogen and oxygen atoms in total. The lowest BCUT2D eigenvalue weighted by molar-refractivity contribution is 0.125. The van der Waals surface area contributed by atoms with E-state index in [1.807, 2.05) is 39.8 Å². The van der Waals surface area contributed by atoms with Crippen LogP contribution >= 0.6 is 0 Å². The highest BCUT2D eigenvalue weighted by Crippen LogP contribution is 2.34. The largest absolute Gasteiger partial charge is 0.493 e. The molecule has 2 aromatic rings. The normalized spacial score (nSPS) is 11.3. The van der Waals surface area contributed by atoms with Crippen LogP contribution in [0.4, 0.5) is 11.8 Å². The number of rotatable bonds is 4. The molecule has 4 N–H and O–H groups in total. The molecule has 0 saturated heterocycles. The molecule has 0 unspecified atom stereocenters. The summed E-state index contributed by atoms with van der Waals surface area (Å²) in [5, 5.41) is 0. The van der Waals surface area contributed by atoms with Crippen LogP contribution in [0.1, 0.15) is 37.5 Å². The van der Waals surface area contributed by atoms with E-state index in [1.54, 1.807) is 13.3 Å². The number of hydrogen-bond donors (Lipinski definition) is 2. The van der Waals surface area contributed by atoms with E-state index in [4.69, 9.17) is 20.9 Å². The number of benzene rings is 1. The maximum atomic E-state index is 6.00. The minimum atomic E-state index is -0.316. The molecule has 124 valence electrons. The topological polar surface area (TPSA) is 96.3 Å². The van der Waals surface area contributed by atoms with Crippen LogP contribution in [0.3, 0.4) is 0 Å². The molecule has 6 heteroatoms. The van der Waals surface area contributed by atoms with Crippen molar-refractivity contribution in [1.82, 2.24) is 9.97 Å². The van der Waals surface area contributed by atoms with Gasteiger partial charge in [-0.05, 0) is 51.0 Å². The van der Waals surface area contributed by atoms with Gasteiger partial charge in [-0.25, -0.2) is 4.98 Å². The van der Waals surface area contributed by atoms with E-state index in [0.29, 0.717) is 23.7 Å². The maximum Gasteiger partial charge on any atom is 0.221 e. The van der Waals surface area contributed by atoms with Crippen molar-refractivity contribution in [3.8, 4) is 11.5 Å². The molecule has 0 spiro atoms. The van der Waals surface area contributed by atoms with Crippen LogP contribution in [0.25, 0.3) is 0 Å². The Bertz CT molecular complexity index is 708. The fraction of sp³-hybridized carbons (Fsp3) is 0.412. The van der Waals surface area contributed by atoms with Crippen LogP contribution in [0, 0.1) is 6.92 Å². The average molecular weight is 316 g/mol. The number of nitrogen functional groups attached to an aromatic ring is 2. The van der Waals surface area contributed by atoms with Crippen LogP contribution in [-0.4, -0.2) is 22.7 Å². The summed E-state index contributed by atoms with van der Waals surface area (Å²) in [6, 6.07) is 3.94. The van der Waals surface area contributed by atoms with E-state index in [0.717, 1.165) is 16.7 Å². The summed E-state index contributed by atoms with van der Waals surface area (Å²) in [4.78, 5) is 8.02. The third-order valence-electron chi connectivity index (χ3n) is 3.34. The highest BCUT2D eigenvalue weighted by Gasteiger charge is 2.17. The van der Waals surface area contributed by atoms with Gasteiger partial charge < -0.3 is 20.9 Å². The molecule has 0 bridgehead atoms. The monoisotopic (exact) mass is 316 g/mol. The van der Waals surface area contributed by atoms with Crippen LogP contribution in [-0.2, 0) is 6.42 Å². The van der Waals surface area contributed by atoms with Gasteiger partial charge in [0.05, 0.1) is 7.11 Å². The first-order valence-corrected chi connectivity index (χ1v) is 7.43. The molecule has 0 radical (unpaired) electrons. The molecule has 23 heavy (non-hydrogen) atoms. The second kappa shape index (κ2) is 6.32. The fourth-order valence-corrected chi connectivity index (χ4v) is 2.24. The number of aryl methyl sites for hydroxylation is 1. The van der Waals surface area contributed by atoms with Gasteiger partial charge in [0.15, 0.2) is 11.5 Å². The van der Waals surface area contributed by atoms with E-state index in [9.17, 15) is 0 Å². The summed E-state index contributed by atoms with van der Waals surface area (Å²) >= 11 is 0. The second-order valence-electron chi connectivity index (χ2n) is 6.46. The zero-order valence-electron chi connectivity index (χ0n) is 14.3. The van der Waals surface area contributed by atoms with E-state index < -0.39 is 0 Å². The molecule has 0 amide bonds. The predicted octanol–water partition coefficient (Wildman–Crippen LogP) is 2.73. The predicted molar refractivity (Wildman–Crippen MR) is 91.8 cm³/mol. The zero-order chi connectivity index (χ0) is 17.2. The number of nitrogens with two attached hydrogens (primary N) is 2. The standard InChI is InChI=1S/C17H24N4O2/c1-10-6-13(22-5)14(23-17(2,3)4)8-11(10)7-12-9-20-16(19)21-15(12)18/h6,8-9H,7H2,1-5H3,(H4,18,19,20,21). The molecular formula is C17H24N4O2. The summed E-state index contributed by atoms with van der Waals surface area (Å²) in [6.45, 7) is 8.01. The van der Waals surface area contributed by atoms with Crippen molar-refractivity contribution < 1.29 is 9.47 Å². The maximum absolute atomic E-state index is 6.00. The van der Waals surface area contributed by atoms with Crippen LogP contribution in [0.15, 0.2) is 18.3 Å². The van der Waals surface area contributed by atoms with Crippen molar-refractivity contribution in [3.05, 3.63) is 35.0 Å². The van der Waals surface area contributed by atoms with Gasteiger partial charge >= 0.3 is 0 Å². The van der Waals surface area contributed by atoms with Gasteiger partial charge in [-0.2, -0.15) is 4.98 Å². The summed E-state index contributed by atoms with van der Waals surface area (Å²) in [5.41, 5.74) is 14.1. The first kappa shape index (κ1) is 16.9. The first-order valence-electron chi connectivity index (χ1n) is 7.43. The van der Waals surface area contributed by atoms with Crippen LogP contribution in [0.2, 0.25) is 0 Å². The Morgan fingerprint density at radius 2 is 1.78 bits per heavy atom. The molecule has 0 atom stereocenters. The Kier molecular flexibility index (Phi) is 4.63. The Balaban J connectivity index is 2.40. The van der Waals surface area contributed by atoms with Gasteiger partial charge in [-0.1, -0.05) is 0 Å². The molecule has 1 heterocycles. The lowest BCUT2D eigenvalue weighted by atomic mass is 10.0. The quantitative estimate of drug-likeness (QED) is 0.900. The average Bonchev–Trinajstić information content (AvgIpc) is 2.43. The molecule has 0 aliphatic rings. The van der Waals surface area contributed by atoms with E-state index in [1.165, 1.54) is 0 Å². The smallest absolute Gasteiger partial charge is 0.221 e. The Morgan fingerprint density at radius 3 is 2.35 bits per heavy atom. The van der Waals surface area contributed by atoms with Crippen molar-refractivity contribution in [2.24, 2.45) is 0 Å². The number of anilines is 2. The summed E-state index contributed by atoms with van der Waals surface area (Å²) in [7, 11) is 1.63. The molecule has 0 fully saturated rings. The zero-order valence-corrected chi connectivity index (χ0v) is 14.3. The van der Waals surface area contributed by atoms with Crippen LogP contribution in [0.5, 0.6) is 11.5 Å². The van der Waals surface area contributed by atoms with Gasteiger partial charge in [-0.15, -0.1) is 0 Å². The SMILES string of the molecule is COc1cc(C)c(Cc2cnc(N)nc2N)cc1OC(C)(C)C. The molecule has 0 aliphatic carbocycles. The lowest BCUT2D eigenvalue weighted by Crippen LogP contribution is -2.23. The number of nitrogens with zero attached hydrogens (tertiary/aromatic N) is 2. The minimum Gasteiger partial charge on any atom is -0.493 e. The number of aromatic nitrogens is 2. The van der Waals surface area contributed by atoms with Gasteiger partial charge in [0, 0.05) is 18.2 Å². The third-order valence-corrected chi connectivity index (χ3v) is 3.34. The highest BCUT2D eigenvalue weighted by molar-refractivity contribution is 5.51. The summed E-state index contributed by atoms with van der Waals surface area (Å²) in [5.74, 6) is 1.98. The summed E-state index contributed by atoms with van der Waals surface area (Å²) < 4.78 is 11.4. The van der Waals surface area contributed by atoms with Crippen molar-refractivity contribution in [2.75, 3.05) is 18.6 Å². The third kappa shape index (κ3) is 4.25. The Morgan fingerprint density at radius 1 is 1.09 bits per heavy atom. The molecule has 0 aliphatic heterocycles. The van der Waals surface area contributed by atoms with E-state index >= 15 is 0 Å². The molecule has 1 aromatic heterocycles. The van der Waals surface area contributed by atoms with Crippen molar-refractivity contribution in [1.29, 1.82) is 0 Å². The second-order valence-corrected chi connectivity index (χ2v) is 6.46. The first-order chi connectivity index (χ1) is 10.7.